The number of nitrogens with two attached hydrogens (primary N) is 6. The third-order valence-electron chi connectivity index (χ3n) is 18.2. The number of aromatic amines is 1. The lowest BCUT2D eigenvalue weighted by Gasteiger charge is -2.47. The molecule has 30 N–H and O–H groups in total. The first-order valence-electron chi connectivity index (χ1n) is 34.5. The van der Waals surface area contributed by atoms with Crippen LogP contribution in [0.25, 0.3) is 10.7 Å². The molecule has 8 rings (SSSR count). The minimum atomic E-state index is -2.26. The van der Waals surface area contributed by atoms with Gasteiger partial charge >= 0.3 is 6.09 Å². The molecule has 4 saturated heterocycles. The largest absolute Gasteiger partial charge is 0.441 e. The molecule has 0 radical (unpaired) electrons. The van der Waals surface area contributed by atoms with Crippen LogP contribution >= 0.6 is 22.7 Å². The number of nitrogens with one attached hydrogen (secondary N) is 7. The van der Waals surface area contributed by atoms with Gasteiger partial charge in [-0.15, -0.1) is 22.7 Å². The quantitative estimate of drug-likeness (QED) is 0.0147. The number of aliphatic hydroxyl groups excluding tert-OH is 11. The number of nitrogens with zero attached hydrogens (tertiary/aromatic N) is 6. The van der Waals surface area contributed by atoms with Gasteiger partial charge in [-0.05, 0) is 40.7 Å². The van der Waals surface area contributed by atoms with Gasteiger partial charge in [0.15, 0.2) is 37.3 Å². The van der Waals surface area contributed by atoms with Crippen LogP contribution in [-0.4, -0.2) is 332 Å². The number of aromatic nitrogens is 6. The van der Waals surface area contributed by atoms with E-state index in [-0.39, 0.29) is 32.7 Å². The summed E-state index contributed by atoms with van der Waals surface area (Å²) in [7, 11) is 0. The molecule has 46 nitrogen and oxygen atoms in total. The number of thiazole rings is 2. The normalized spacial score (nSPS) is 28.0. The van der Waals surface area contributed by atoms with E-state index in [1.807, 2.05) is 0 Å². The Balaban J connectivity index is 1.05. The monoisotopic (exact) mass is 1600 g/mol. The van der Waals surface area contributed by atoms with Gasteiger partial charge in [0.2, 0.25) is 29.5 Å². The molecule has 0 bridgehead atoms. The van der Waals surface area contributed by atoms with Crippen molar-refractivity contribution >= 4 is 75.9 Å². The zero-order valence-corrected chi connectivity index (χ0v) is 61.3. The van der Waals surface area contributed by atoms with Crippen LogP contribution in [0.5, 0.6) is 0 Å². The summed E-state index contributed by atoms with van der Waals surface area (Å²) in [5.41, 5.74) is 33.5. The maximum Gasteiger partial charge on any atom is 0.404 e. The molecule has 4 fully saturated rings. The lowest BCUT2D eigenvalue weighted by molar-refractivity contribution is -0.372. The van der Waals surface area contributed by atoms with Crippen LogP contribution < -0.4 is 66.3 Å². The van der Waals surface area contributed by atoms with E-state index in [1.165, 1.54) is 24.6 Å². The van der Waals surface area contributed by atoms with Gasteiger partial charge < -0.3 is 165 Å². The van der Waals surface area contributed by atoms with Gasteiger partial charge in [0.1, 0.15) is 112 Å². The molecule has 0 spiro atoms. The fraction of sp³-hybridized carbons (Fsp3) is 0.661. The van der Waals surface area contributed by atoms with Crippen molar-refractivity contribution in [1.82, 2.24) is 66.7 Å². The number of amides is 8. The molecule has 25 unspecified atom stereocenters. The Morgan fingerprint density at radius 3 is 2.08 bits per heavy atom. The van der Waals surface area contributed by atoms with Crippen LogP contribution in [0.3, 0.4) is 0 Å². The number of anilines is 1. The summed E-state index contributed by atoms with van der Waals surface area (Å²) in [6.45, 7) is 6.44. The Kier molecular flexibility index (Phi) is 31.8. The summed E-state index contributed by atoms with van der Waals surface area (Å²) in [5.74, 6) is -8.27. The predicted octanol–water partition coefficient (Wildman–Crippen LogP) is -10.9. The van der Waals surface area contributed by atoms with Crippen LogP contribution in [0.1, 0.15) is 101 Å². The molecule has 4 aromatic rings. The van der Waals surface area contributed by atoms with Crippen molar-refractivity contribution in [2.24, 2.45) is 28.7 Å². The zero-order valence-electron chi connectivity index (χ0n) is 59.6. The van der Waals surface area contributed by atoms with Crippen molar-refractivity contribution < 1.29 is 132 Å². The Bertz CT molecular complexity index is 3740. The number of H-pyrrole nitrogens is 1. The van der Waals surface area contributed by atoms with Crippen molar-refractivity contribution in [2.75, 3.05) is 64.9 Å². The highest BCUT2D eigenvalue weighted by atomic mass is 32.1. The number of morpholine rings is 1. The first-order valence-corrected chi connectivity index (χ1v) is 36.3. The predicted molar refractivity (Wildman–Crippen MR) is 373 cm³/mol. The molecule has 0 saturated carbocycles. The number of primary amides is 3. The molecular weight excluding hydrogens is 1510 g/mol. The second-order valence-electron chi connectivity index (χ2n) is 26.3. The Hall–Kier alpha value is -7.97. The van der Waals surface area contributed by atoms with Gasteiger partial charge in [-0.2, -0.15) is 0 Å². The number of hydrogen-bond acceptors (Lipinski definition) is 39. The average Bonchev–Trinajstić information content (AvgIpc) is 1.63. The Morgan fingerprint density at radius 1 is 0.755 bits per heavy atom. The van der Waals surface area contributed by atoms with Crippen LogP contribution in [0, 0.1) is 6.92 Å². The van der Waals surface area contributed by atoms with Crippen LogP contribution in [0.15, 0.2) is 23.3 Å². The highest BCUT2D eigenvalue weighted by Gasteiger charge is 2.54. The average molecular weight is 1600 g/mol. The van der Waals surface area contributed by atoms with E-state index in [9.17, 15) is 84.9 Å². The first kappa shape index (κ1) is 87.6. The van der Waals surface area contributed by atoms with Crippen LogP contribution in [0.2, 0.25) is 0 Å². The molecule has 8 heterocycles. The van der Waals surface area contributed by atoms with Crippen LogP contribution in [0.4, 0.5) is 10.6 Å². The SMILES string of the molecule is Cc1c(N)nc(C(CC(N)=O)NCC(N)C(N)=O)nc1C(=O)NC(C(=O)NC(C)C(O)CC(=O)NC(C(=O)NC(OC1OC(C)C(N)C(O)C1O)C(O)c1nc(-c2nc(C(=O)NCCCN3CCOCC3)cs2)cs1)C(C)O)C(OC1OC(CO)C(O)C(O)C1OC1OC(CO)C(O)C(OC(N)=O)C1O)c1cnc[nH]1. The molecule has 0 aliphatic carbocycles. The Labute approximate surface area is 633 Å². The standard InChI is InChI=1S/C62H95N19O27S2/c1-21-36(77-51(79-49(21)66)26(12-33(64)86)71-14-25(63)50(67)95)53(97)78-38(46(27-15-69-20-72-27)105-61-48(42(91)39(88)31(16-82)104-61)106-60-44(93)47(107-62(68)100)40(89)32(17-83)103-60)55(99)73-22(2)30(85)13-34(87)76-37(23(3)84)54(98)80-56(108-59-43(92)41(90)35(65)24(4)102-59)45(94)58-75-29(19-110-58)57-74-28(18-109-57)52(96)70-6-5-7-81-8-10-101-11-9-81/h15,18-20,22-26,30-32,35,37-48,56,59-61,71,82-85,88-94H,5-14,16-17,63,65H2,1-4H3,(H2,64,86)(H2,67,95)(H2,68,100)(H,69,72)(H,70,96)(H,73,99)(H,76,87)(H,78,97)(H,80,98)(H2,66,77,79). The molecule has 25 atom stereocenters. The number of nitrogen functional groups attached to an aromatic ring is 1. The first-order chi connectivity index (χ1) is 52.1. The summed E-state index contributed by atoms with van der Waals surface area (Å²) in [6.07, 6.45) is -37.1. The number of carbonyl (C=O) groups is 8. The number of carbonyl (C=O) groups excluding carboxylic acids is 8. The lowest BCUT2D eigenvalue weighted by Crippen LogP contribution is -2.65. The highest BCUT2D eigenvalue weighted by molar-refractivity contribution is 7.14. The molecule has 4 aliphatic rings. The minimum Gasteiger partial charge on any atom is -0.441 e. The smallest absolute Gasteiger partial charge is 0.404 e. The van der Waals surface area contributed by atoms with E-state index in [0.717, 1.165) is 68.7 Å². The van der Waals surface area contributed by atoms with Crippen molar-refractivity contribution in [3.8, 4) is 10.7 Å². The van der Waals surface area contributed by atoms with E-state index >= 15 is 9.59 Å². The van der Waals surface area contributed by atoms with Crippen molar-refractivity contribution in [3.05, 3.63) is 56.8 Å². The summed E-state index contributed by atoms with van der Waals surface area (Å²) in [6, 6.07) is -9.66. The van der Waals surface area contributed by atoms with Gasteiger partial charge in [0.05, 0.1) is 93.5 Å². The lowest BCUT2D eigenvalue weighted by atomic mass is 9.97. The van der Waals surface area contributed by atoms with E-state index < -0.39 is 250 Å². The van der Waals surface area contributed by atoms with E-state index in [2.05, 4.69) is 66.7 Å². The molecule has 4 aromatic heterocycles. The molecule has 4 aliphatic heterocycles. The molecule has 8 amide bonds. The number of ether oxygens (including phenoxy) is 8. The van der Waals surface area contributed by atoms with Crippen molar-refractivity contribution in [3.63, 3.8) is 0 Å². The van der Waals surface area contributed by atoms with Crippen molar-refractivity contribution in [1.29, 1.82) is 0 Å². The fourth-order valence-corrected chi connectivity index (χ4v) is 13.4. The van der Waals surface area contributed by atoms with Gasteiger partial charge in [-0.1, -0.05) is 0 Å². The fourth-order valence-electron chi connectivity index (χ4n) is 11.8. The maximum atomic E-state index is 15.3. The van der Waals surface area contributed by atoms with Crippen molar-refractivity contribution in [2.45, 2.75) is 200 Å². The number of rotatable bonds is 37. The second-order valence-corrected chi connectivity index (χ2v) is 28.1. The summed E-state index contributed by atoms with van der Waals surface area (Å²) < 4.78 is 45.8. The summed E-state index contributed by atoms with van der Waals surface area (Å²) >= 11 is 1.91. The molecule has 0 aromatic carbocycles. The summed E-state index contributed by atoms with van der Waals surface area (Å²) in [4.78, 5) is 134. The topological polar surface area (TPSA) is 745 Å². The third-order valence-corrected chi connectivity index (χ3v) is 20.0. The van der Waals surface area contributed by atoms with Gasteiger partial charge in [0, 0.05) is 48.9 Å². The second kappa shape index (κ2) is 40.0. The molecule has 110 heavy (non-hydrogen) atoms. The Morgan fingerprint density at radius 2 is 1.44 bits per heavy atom. The molecular formula is C62H95N19O27S2. The minimum absolute atomic E-state index is 0.0872. The number of imidazole rings is 1. The van der Waals surface area contributed by atoms with Crippen LogP contribution in [-0.2, 0) is 61.9 Å². The summed E-state index contributed by atoms with van der Waals surface area (Å²) in [5, 5.41) is 141. The van der Waals surface area contributed by atoms with Gasteiger partial charge in [-0.25, -0.2) is 29.7 Å². The maximum absolute atomic E-state index is 15.3. The molecule has 48 heteroatoms. The highest BCUT2D eigenvalue weighted by Crippen LogP contribution is 2.36. The van der Waals surface area contributed by atoms with E-state index in [0.29, 0.717) is 26.2 Å². The van der Waals surface area contributed by atoms with E-state index in [4.69, 9.17) is 72.3 Å². The number of aliphatic hydroxyl groups is 11. The number of hydrogen-bond donors (Lipinski definition) is 24. The van der Waals surface area contributed by atoms with E-state index in [1.54, 1.807) is 0 Å². The van der Waals surface area contributed by atoms with Gasteiger partial charge in [-0.3, -0.25) is 38.5 Å². The third kappa shape index (κ3) is 22.5. The zero-order chi connectivity index (χ0) is 80.7. The molecule has 612 valence electrons. The van der Waals surface area contributed by atoms with Gasteiger partial charge in [0.25, 0.3) is 11.8 Å².